The minimum Gasteiger partial charge on any atom is -0.349 e. The molecular weight excluding hydrogens is 200 g/mol. The van der Waals surface area contributed by atoms with Gasteiger partial charge in [0, 0.05) is 5.92 Å². The van der Waals surface area contributed by atoms with E-state index >= 15 is 0 Å². The maximum atomic E-state index is 5.59. The standard InChI is InChI=1S/C14H24O2/c1-11-3-5-13(6-4-11)7-8-14-15-9-12(2)10-16-14/h7-8,11-14H,3-6,9-10H2,1-2H3/b8-7+. The van der Waals surface area contributed by atoms with Crippen LogP contribution in [0.15, 0.2) is 12.2 Å². The summed E-state index contributed by atoms with van der Waals surface area (Å²) in [5.74, 6) is 2.22. The highest BCUT2D eigenvalue weighted by Crippen LogP contribution is 2.29. The molecule has 0 atom stereocenters. The van der Waals surface area contributed by atoms with E-state index in [0.717, 1.165) is 25.0 Å². The Labute approximate surface area is 99.0 Å². The monoisotopic (exact) mass is 224 g/mol. The maximum Gasteiger partial charge on any atom is 0.176 e. The first kappa shape index (κ1) is 12.1. The van der Waals surface area contributed by atoms with Crippen molar-refractivity contribution in [1.82, 2.24) is 0 Å². The Morgan fingerprint density at radius 1 is 0.812 bits per heavy atom. The Balaban J connectivity index is 1.72. The fourth-order valence-corrected chi connectivity index (χ4v) is 2.45. The van der Waals surface area contributed by atoms with Gasteiger partial charge in [0.05, 0.1) is 13.2 Å². The third kappa shape index (κ3) is 3.60. The molecule has 0 aromatic rings. The lowest BCUT2D eigenvalue weighted by Crippen LogP contribution is -2.29. The molecule has 2 fully saturated rings. The molecule has 0 aromatic heterocycles. The Morgan fingerprint density at radius 3 is 2.06 bits per heavy atom. The third-order valence-corrected chi connectivity index (χ3v) is 3.69. The first-order valence-corrected chi connectivity index (χ1v) is 6.65. The van der Waals surface area contributed by atoms with Gasteiger partial charge in [-0.3, -0.25) is 0 Å². The zero-order valence-corrected chi connectivity index (χ0v) is 10.5. The largest absolute Gasteiger partial charge is 0.349 e. The van der Waals surface area contributed by atoms with Crippen LogP contribution in [0.2, 0.25) is 0 Å². The minimum atomic E-state index is -0.0875. The van der Waals surface area contributed by atoms with Gasteiger partial charge in [-0.25, -0.2) is 0 Å². The van der Waals surface area contributed by atoms with Gasteiger partial charge in [-0.15, -0.1) is 0 Å². The predicted octanol–water partition coefficient (Wildman–Crippen LogP) is 3.38. The van der Waals surface area contributed by atoms with Crippen molar-refractivity contribution in [2.75, 3.05) is 13.2 Å². The third-order valence-electron chi connectivity index (χ3n) is 3.69. The Bertz CT molecular complexity index is 197. The van der Waals surface area contributed by atoms with Crippen molar-refractivity contribution in [2.24, 2.45) is 17.8 Å². The second-order valence-electron chi connectivity index (χ2n) is 5.55. The fourth-order valence-electron chi connectivity index (χ4n) is 2.45. The van der Waals surface area contributed by atoms with Gasteiger partial charge >= 0.3 is 0 Å². The van der Waals surface area contributed by atoms with Crippen LogP contribution in [0.3, 0.4) is 0 Å². The highest BCUT2D eigenvalue weighted by Gasteiger charge is 2.19. The summed E-state index contributed by atoms with van der Waals surface area (Å²) in [6, 6.07) is 0. The molecule has 0 amide bonds. The van der Waals surface area contributed by atoms with Crippen LogP contribution in [0.4, 0.5) is 0 Å². The van der Waals surface area contributed by atoms with Crippen LogP contribution in [0, 0.1) is 17.8 Å². The number of ether oxygens (including phenoxy) is 2. The molecule has 0 bridgehead atoms. The molecule has 2 aliphatic rings. The lowest BCUT2D eigenvalue weighted by molar-refractivity contribution is -0.171. The molecule has 1 saturated heterocycles. The Kier molecular flexibility index (Phi) is 4.42. The van der Waals surface area contributed by atoms with Gasteiger partial charge in [-0.05, 0) is 30.8 Å². The summed E-state index contributed by atoms with van der Waals surface area (Å²) < 4.78 is 11.2. The van der Waals surface area contributed by atoms with Crippen LogP contribution in [-0.2, 0) is 9.47 Å². The lowest BCUT2D eigenvalue weighted by Gasteiger charge is -2.27. The summed E-state index contributed by atoms with van der Waals surface area (Å²) in [5.41, 5.74) is 0. The Hall–Kier alpha value is -0.340. The topological polar surface area (TPSA) is 18.5 Å². The van der Waals surface area contributed by atoms with Crippen molar-refractivity contribution in [1.29, 1.82) is 0 Å². The molecule has 1 aliphatic heterocycles. The van der Waals surface area contributed by atoms with E-state index in [-0.39, 0.29) is 6.29 Å². The van der Waals surface area contributed by atoms with Gasteiger partial charge in [0.25, 0.3) is 0 Å². The second-order valence-corrected chi connectivity index (χ2v) is 5.55. The zero-order valence-electron chi connectivity index (χ0n) is 10.5. The lowest BCUT2D eigenvalue weighted by atomic mass is 9.83. The van der Waals surface area contributed by atoms with Crippen molar-refractivity contribution in [3.63, 3.8) is 0 Å². The van der Waals surface area contributed by atoms with Gasteiger partial charge in [-0.1, -0.05) is 32.8 Å². The first-order valence-electron chi connectivity index (χ1n) is 6.65. The van der Waals surface area contributed by atoms with Gasteiger partial charge in [-0.2, -0.15) is 0 Å². The van der Waals surface area contributed by atoms with Crippen molar-refractivity contribution in [3.05, 3.63) is 12.2 Å². The van der Waals surface area contributed by atoms with Crippen molar-refractivity contribution < 1.29 is 9.47 Å². The summed E-state index contributed by atoms with van der Waals surface area (Å²) in [6.07, 6.45) is 9.76. The minimum absolute atomic E-state index is 0.0875. The van der Waals surface area contributed by atoms with Gasteiger partial charge in [0.15, 0.2) is 6.29 Å². The zero-order chi connectivity index (χ0) is 11.4. The molecule has 0 radical (unpaired) electrons. The van der Waals surface area contributed by atoms with E-state index in [0.29, 0.717) is 5.92 Å². The summed E-state index contributed by atoms with van der Waals surface area (Å²) in [7, 11) is 0. The van der Waals surface area contributed by atoms with E-state index in [1.54, 1.807) is 0 Å². The van der Waals surface area contributed by atoms with E-state index in [9.17, 15) is 0 Å². The van der Waals surface area contributed by atoms with Crippen LogP contribution < -0.4 is 0 Å². The molecule has 2 nitrogen and oxygen atoms in total. The van der Waals surface area contributed by atoms with Crippen molar-refractivity contribution in [3.8, 4) is 0 Å². The van der Waals surface area contributed by atoms with Crippen LogP contribution in [-0.4, -0.2) is 19.5 Å². The average molecular weight is 224 g/mol. The molecule has 92 valence electrons. The summed E-state index contributed by atoms with van der Waals surface area (Å²) in [5, 5.41) is 0. The normalized spacial score (nSPS) is 41.4. The van der Waals surface area contributed by atoms with E-state index in [1.807, 2.05) is 0 Å². The average Bonchev–Trinajstić information content (AvgIpc) is 2.30. The molecule has 1 saturated carbocycles. The summed E-state index contributed by atoms with van der Waals surface area (Å²) in [4.78, 5) is 0. The van der Waals surface area contributed by atoms with E-state index in [2.05, 4.69) is 26.0 Å². The van der Waals surface area contributed by atoms with E-state index < -0.39 is 0 Å². The van der Waals surface area contributed by atoms with Gasteiger partial charge in [0.1, 0.15) is 0 Å². The van der Waals surface area contributed by atoms with E-state index in [1.165, 1.54) is 25.7 Å². The number of rotatable bonds is 2. The summed E-state index contributed by atoms with van der Waals surface area (Å²) in [6.45, 7) is 6.17. The molecule has 0 unspecified atom stereocenters. The van der Waals surface area contributed by atoms with Crippen LogP contribution in [0.5, 0.6) is 0 Å². The molecule has 16 heavy (non-hydrogen) atoms. The molecule has 2 rings (SSSR count). The maximum absolute atomic E-state index is 5.59. The highest BCUT2D eigenvalue weighted by molar-refractivity contribution is 4.93. The SMILES string of the molecule is CC1CCC(/C=C/C2OCC(C)CO2)CC1. The number of hydrogen-bond acceptors (Lipinski definition) is 2. The fraction of sp³-hybridized carbons (Fsp3) is 0.857. The molecule has 1 heterocycles. The first-order chi connectivity index (χ1) is 7.74. The van der Waals surface area contributed by atoms with Gasteiger partial charge < -0.3 is 9.47 Å². The smallest absolute Gasteiger partial charge is 0.176 e. The quantitative estimate of drug-likeness (QED) is 0.669. The Morgan fingerprint density at radius 2 is 1.44 bits per heavy atom. The number of allylic oxidation sites excluding steroid dienone is 1. The predicted molar refractivity (Wildman–Crippen MR) is 65.1 cm³/mol. The molecule has 0 spiro atoms. The van der Waals surface area contributed by atoms with Crippen molar-refractivity contribution >= 4 is 0 Å². The van der Waals surface area contributed by atoms with E-state index in [4.69, 9.17) is 9.47 Å². The van der Waals surface area contributed by atoms with Crippen molar-refractivity contribution in [2.45, 2.75) is 45.8 Å². The van der Waals surface area contributed by atoms with Crippen LogP contribution >= 0.6 is 0 Å². The molecular formula is C14H24O2. The van der Waals surface area contributed by atoms with Crippen LogP contribution in [0.1, 0.15) is 39.5 Å². The number of hydrogen-bond donors (Lipinski definition) is 0. The summed E-state index contributed by atoms with van der Waals surface area (Å²) >= 11 is 0. The molecule has 0 N–H and O–H groups in total. The molecule has 1 aliphatic carbocycles. The molecule has 0 aromatic carbocycles. The van der Waals surface area contributed by atoms with Crippen LogP contribution in [0.25, 0.3) is 0 Å². The van der Waals surface area contributed by atoms with Gasteiger partial charge in [0.2, 0.25) is 0 Å². The second kappa shape index (κ2) is 5.83. The molecule has 2 heteroatoms. The highest BCUT2D eigenvalue weighted by atomic mass is 16.7.